The van der Waals surface area contributed by atoms with Gasteiger partial charge in [-0.25, -0.2) is 14.5 Å². The number of para-hydroxylation sites is 1. The number of hydrogen-bond acceptors (Lipinski definition) is 7. The lowest BCUT2D eigenvalue weighted by Crippen LogP contribution is -2.30. The summed E-state index contributed by atoms with van der Waals surface area (Å²) in [5.74, 6) is 0.446. The van der Waals surface area contributed by atoms with Gasteiger partial charge in [-0.2, -0.15) is 5.06 Å². The van der Waals surface area contributed by atoms with Crippen LogP contribution in [0.4, 0.5) is 10.5 Å². The smallest absolute Gasteiger partial charge is 0.438 e. The van der Waals surface area contributed by atoms with Crippen molar-refractivity contribution in [1.29, 1.82) is 0 Å². The van der Waals surface area contributed by atoms with Gasteiger partial charge in [-0.05, 0) is 42.5 Å². The normalized spacial score (nSPS) is 11.2. The summed E-state index contributed by atoms with van der Waals surface area (Å²) in [6.45, 7) is 4.95. The van der Waals surface area contributed by atoms with Gasteiger partial charge in [0.25, 0.3) is 0 Å². The van der Waals surface area contributed by atoms with Crippen molar-refractivity contribution >= 4 is 46.6 Å². The molecule has 0 radical (unpaired) electrons. The van der Waals surface area contributed by atoms with Crippen molar-refractivity contribution in [3.63, 3.8) is 0 Å². The van der Waals surface area contributed by atoms with Crippen molar-refractivity contribution in [2.45, 2.75) is 19.3 Å². The molecule has 0 N–H and O–H groups in total. The van der Waals surface area contributed by atoms with E-state index >= 15 is 0 Å². The molecule has 1 amide bonds. The summed E-state index contributed by atoms with van der Waals surface area (Å²) < 4.78 is 19.9. The molecule has 2 aromatic heterocycles. The number of nitrogens with zero attached hydrogens (tertiary/aromatic N) is 5. The highest BCUT2D eigenvalue weighted by Crippen LogP contribution is 2.30. The lowest BCUT2D eigenvalue weighted by Gasteiger charge is -2.20. The lowest BCUT2D eigenvalue weighted by molar-refractivity contribution is 0.0608. The monoisotopic (exact) mass is 683 g/mol. The van der Waals surface area contributed by atoms with Crippen LogP contribution in [0.5, 0.6) is 5.88 Å². The van der Waals surface area contributed by atoms with Crippen LogP contribution in [0, 0.1) is 0 Å². The Balaban J connectivity index is 0.000000222. The molecule has 0 fully saturated rings. The lowest BCUT2D eigenvalue weighted by atomic mass is 10.1. The SMILES string of the molecule is C=CCOC(Cn1ccnc1)c1ccc(Cl)cc1Cl.COC(=O)N(OC)c1ccccc1COc1ccn(-c2ccc(Cl)cc2)n1. The molecular weight excluding hydrogens is 653 g/mol. The van der Waals surface area contributed by atoms with Crippen molar-refractivity contribution in [2.24, 2.45) is 0 Å². The Hall–Kier alpha value is -4.32. The van der Waals surface area contributed by atoms with Crippen LogP contribution in [0.25, 0.3) is 5.69 Å². The summed E-state index contributed by atoms with van der Waals surface area (Å²) in [5, 5.41) is 7.31. The molecule has 240 valence electrons. The molecule has 5 rings (SSSR count). The summed E-state index contributed by atoms with van der Waals surface area (Å²) in [4.78, 5) is 21.0. The number of aromatic nitrogens is 4. The zero-order valence-corrected chi connectivity index (χ0v) is 27.4. The predicted molar refractivity (Wildman–Crippen MR) is 179 cm³/mol. The number of rotatable bonds is 12. The van der Waals surface area contributed by atoms with E-state index in [0.717, 1.165) is 21.9 Å². The fourth-order valence-corrected chi connectivity index (χ4v) is 4.89. The Morgan fingerprint density at radius 2 is 1.76 bits per heavy atom. The second-order valence-corrected chi connectivity index (χ2v) is 10.8. The third kappa shape index (κ3) is 9.59. The van der Waals surface area contributed by atoms with Gasteiger partial charge in [-0.15, -0.1) is 11.7 Å². The molecule has 13 heteroatoms. The molecule has 5 aromatic rings. The molecule has 2 heterocycles. The number of anilines is 1. The number of amides is 1. The number of carbonyl (C=O) groups excluding carboxylic acids is 1. The van der Waals surface area contributed by atoms with Crippen molar-refractivity contribution < 1.29 is 23.8 Å². The number of carbonyl (C=O) groups is 1. The molecule has 1 atom stereocenters. The summed E-state index contributed by atoms with van der Waals surface area (Å²) in [6.07, 6.45) is 8.07. The molecule has 3 aromatic carbocycles. The van der Waals surface area contributed by atoms with Crippen LogP contribution in [0.15, 0.2) is 110 Å². The maximum absolute atomic E-state index is 11.9. The molecule has 0 aliphatic carbocycles. The first-order valence-corrected chi connectivity index (χ1v) is 15.0. The third-order valence-electron chi connectivity index (χ3n) is 6.43. The molecular formula is C33H32Cl3N5O5. The van der Waals surface area contributed by atoms with Crippen LogP contribution in [-0.4, -0.2) is 46.3 Å². The van der Waals surface area contributed by atoms with E-state index in [-0.39, 0.29) is 12.7 Å². The van der Waals surface area contributed by atoms with E-state index in [4.69, 9.17) is 53.9 Å². The predicted octanol–water partition coefficient (Wildman–Crippen LogP) is 8.37. The van der Waals surface area contributed by atoms with Gasteiger partial charge in [-0.1, -0.05) is 65.1 Å². The van der Waals surface area contributed by atoms with Crippen molar-refractivity contribution in [3.8, 4) is 11.6 Å². The maximum Gasteiger partial charge on any atom is 0.438 e. The van der Waals surface area contributed by atoms with Crippen molar-refractivity contribution in [1.82, 2.24) is 19.3 Å². The second kappa shape index (κ2) is 17.4. The van der Waals surface area contributed by atoms with Crippen molar-refractivity contribution in [2.75, 3.05) is 25.9 Å². The molecule has 0 aliphatic heterocycles. The van der Waals surface area contributed by atoms with Gasteiger partial charge in [0, 0.05) is 50.9 Å². The molecule has 1 unspecified atom stereocenters. The van der Waals surface area contributed by atoms with Crippen LogP contribution in [0.2, 0.25) is 15.1 Å². The van der Waals surface area contributed by atoms with Crippen molar-refractivity contribution in [3.05, 3.63) is 137 Å². The third-order valence-corrected chi connectivity index (χ3v) is 7.24. The second-order valence-electron chi connectivity index (χ2n) is 9.48. The van der Waals surface area contributed by atoms with Gasteiger partial charge in [0.1, 0.15) is 12.7 Å². The minimum Gasteiger partial charge on any atom is -0.472 e. The van der Waals surface area contributed by atoms with Gasteiger partial charge < -0.3 is 18.8 Å². The fourth-order valence-electron chi connectivity index (χ4n) is 4.23. The Bertz CT molecular complexity index is 1700. The Labute approximate surface area is 282 Å². The minimum atomic E-state index is -0.628. The number of benzene rings is 3. The van der Waals surface area contributed by atoms with E-state index in [9.17, 15) is 4.79 Å². The van der Waals surface area contributed by atoms with E-state index in [1.807, 2.05) is 41.1 Å². The van der Waals surface area contributed by atoms with Gasteiger partial charge >= 0.3 is 6.09 Å². The van der Waals surface area contributed by atoms with Crippen LogP contribution < -0.4 is 9.80 Å². The highest BCUT2D eigenvalue weighted by molar-refractivity contribution is 6.35. The number of hydrogen-bond donors (Lipinski definition) is 0. The Morgan fingerprint density at radius 1 is 1.00 bits per heavy atom. The topological polar surface area (TPSA) is 92.9 Å². The van der Waals surface area contributed by atoms with Crippen LogP contribution in [0.3, 0.4) is 0 Å². The highest BCUT2D eigenvalue weighted by Gasteiger charge is 2.20. The molecule has 46 heavy (non-hydrogen) atoms. The number of ether oxygens (including phenoxy) is 3. The molecule has 0 saturated heterocycles. The quantitative estimate of drug-likeness (QED) is 0.0963. The maximum atomic E-state index is 11.9. The molecule has 10 nitrogen and oxygen atoms in total. The first-order valence-electron chi connectivity index (χ1n) is 13.9. The first-order chi connectivity index (χ1) is 22.3. The van der Waals surface area contributed by atoms with E-state index in [1.54, 1.807) is 71.9 Å². The number of halogens is 3. The first kappa shape index (κ1) is 34.6. The molecule has 0 saturated carbocycles. The van der Waals surface area contributed by atoms with E-state index in [2.05, 4.69) is 16.7 Å². The van der Waals surface area contributed by atoms with Gasteiger partial charge in [0.05, 0.1) is 45.1 Å². The molecule has 0 bridgehead atoms. The highest BCUT2D eigenvalue weighted by atomic mass is 35.5. The Morgan fingerprint density at radius 3 is 2.43 bits per heavy atom. The zero-order valence-electron chi connectivity index (χ0n) is 25.1. The van der Waals surface area contributed by atoms with Crippen LogP contribution >= 0.6 is 34.8 Å². The zero-order chi connectivity index (χ0) is 32.9. The van der Waals surface area contributed by atoms with Gasteiger partial charge in [-0.3, -0.25) is 4.84 Å². The molecule has 0 spiro atoms. The van der Waals surface area contributed by atoms with Crippen LogP contribution in [0.1, 0.15) is 17.2 Å². The van der Waals surface area contributed by atoms with E-state index in [0.29, 0.717) is 39.8 Å². The van der Waals surface area contributed by atoms with Crippen LogP contribution in [-0.2, 0) is 27.5 Å². The van der Waals surface area contributed by atoms with Gasteiger partial charge in [0.15, 0.2) is 0 Å². The van der Waals surface area contributed by atoms with E-state index < -0.39 is 6.09 Å². The summed E-state index contributed by atoms with van der Waals surface area (Å²) in [5.41, 5.74) is 3.04. The van der Waals surface area contributed by atoms with Gasteiger partial charge in [0.2, 0.25) is 5.88 Å². The largest absolute Gasteiger partial charge is 0.472 e. The fraction of sp³-hybridized carbons (Fsp3) is 0.182. The average Bonchev–Trinajstić information content (AvgIpc) is 3.76. The number of imidazole rings is 1. The average molecular weight is 685 g/mol. The number of methoxy groups -OCH3 is 1. The molecule has 0 aliphatic rings. The summed E-state index contributed by atoms with van der Waals surface area (Å²) >= 11 is 18.0. The summed E-state index contributed by atoms with van der Waals surface area (Å²) in [7, 11) is 2.68. The summed E-state index contributed by atoms with van der Waals surface area (Å²) in [6, 6.07) is 21.7. The standard InChI is InChI=1S/C19H18ClN3O4.C14H14Cl2N2O/c1-25-19(24)23(26-2)17-6-4-3-5-14(17)13-27-18-11-12-22(21-18)16-9-7-15(20)8-10-16;1-2-7-19-14(9-18-6-5-17-10-18)12-4-3-11(15)8-13(12)16/h3-12H,13H2,1-2H3;2-6,8,10,14H,1,7,9H2. The van der Waals surface area contributed by atoms with E-state index in [1.165, 1.54) is 14.2 Å². The Kier molecular flexibility index (Phi) is 13.1. The minimum absolute atomic E-state index is 0.169. The number of hydroxylamine groups is 1.